The molecule has 0 unspecified atom stereocenters. The van der Waals surface area contributed by atoms with Crippen LogP contribution in [0, 0.1) is 0 Å². The van der Waals surface area contributed by atoms with Gasteiger partial charge >= 0.3 is 0 Å². The third-order valence-corrected chi connectivity index (χ3v) is 16.2. The maximum atomic E-state index is 15.3. The van der Waals surface area contributed by atoms with Crippen molar-refractivity contribution in [2.45, 2.75) is 19.3 Å². The number of para-hydroxylation sites is 1. The summed E-state index contributed by atoms with van der Waals surface area (Å²) in [6, 6.07) is 63.8. The van der Waals surface area contributed by atoms with Crippen LogP contribution in [-0.4, -0.2) is 4.98 Å². The van der Waals surface area contributed by atoms with E-state index in [2.05, 4.69) is 135 Å². The topological polar surface area (TPSA) is 30.0 Å². The fraction of sp³-hybridized carbons (Fsp3) is 0.0577. The van der Waals surface area contributed by atoms with Gasteiger partial charge in [-0.3, -0.25) is 0 Å². The molecule has 0 spiro atoms. The number of benzene rings is 8. The van der Waals surface area contributed by atoms with Crippen molar-refractivity contribution in [2.75, 3.05) is 0 Å². The van der Waals surface area contributed by atoms with Crippen molar-refractivity contribution >= 4 is 76.2 Å². The second-order valence-electron chi connectivity index (χ2n) is 15.4. The molecule has 0 N–H and O–H groups in total. The first-order valence-corrected chi connectivity index (χ1v) is 21.7. The van der Waals surface area contributed by atoms with Gasteiger partial charge in [-0.05, 0) is 52.1 Å². The third kappa shape index (κ3) is 4.81. The zero-order valence-corrected chi connectivity index (χ0v) is 32.7. The smallest absolute Gasteiger partial charge is 0.171 e. The van der Waals surface area contributed by atoms with E-state index in [0.29, 0.717) is 0 Å². The van der Waals surface area contributed by atoms with E-state index in [-0.39, 0.29) is 5.41 Å². The summed E-state index contributed by atoms with van der Waals surface area (Å²) in [5.74, 6) is 0. The molecular weight excluding hydrogens is 718 g/mol. The quantitative estimate of drug-likeness (QED) is 0.129. The summed E-state index contributed by atoms with van der Waals surface area (Å²) in [6.07, 6.45) is 0. The molecule has 2 aromatic heterocycles. The van der Waals surface area contributed by atoms with Crippen LogP contribution in [0.3, 0.4) is 0 Å². The Bertz CT molecular complexity index is 3190. The first-order valence-electron chi connectivity index (χ1n) is 19.1. The highest BCUT2D eigenvalue weighted by atomic mass is 32.1. The molecule has 0 saturated carbocycles. The predicted octanol–water partition coefficient (Wildman–Crippen LogP) is 13.0. The second kappa shape index (κ2) is 12.4. The van der Waals surface area contributed by atoms with Crippen molar-refractivity contribution in [1.29, 1.82) is 0 Å². The lowest BCUT2D eigenvalue weighted by Crippen LogP contribution is -2.24. The minimum Gasteiger partial charge on any atom is -0.309 e. The number of aromatic nitrogens is 1. The van der Waals surface area contributed by atoms with Gasteiger partial charge in [-0.1, -0.05) is 172 Å². The van der Waals surface area contributed by atoms with E-state index < -0.39 is 7.14 Å². The molecular formula is C52H36NOPS. The molecule has 1 aliphatic carbocycles. The molecule has 2 heterocycles. The molecule has 0 fully saturated rings. The minimum absolute atomic E-state index is 0.128. The standard InChI is InChI=1S/C52H36NOPS/c1-52(2)44-22-12-9-19-38(44)39-30-27-34(31-45(39)52)50-43-32-42(51-49(41-21-11-14-24-47(41)56-51)48(43)40-20-10-13-23-46(40)53-50)33-25-28-37(29-26-33)55(54,35-15-5-3-6-16-35)36-17-7-4-8-18-36/h3-32H,1-2H3. The molecule has 0 saturated heterocycles. The average molecular weight is 754 g/mol. The molecule has 1 aliphatic rings. The SMILES string of the molecule is CC1(C)c2ccccc2-c2ccc(-c3nc4ccccc4c4c3cc(-c3ccc(P(=O)(c5ccccc5)c5ccccc5)cc3)c3sc5ccccc5c34)cc21. The van der Waals surface area contributed by atoms with E-state index in [1.54, 1.807) is 0 Å². The number of fused-ring (bicyclic) bond motifs is 10. The first-order chi connectivity index (χ1) is 27.4. The van der Waals surface area contributed by atoms with Crippen LogP contribution in [0.1, 0.15) is 25.0 Å². The van der Waals surface area contributed by atoms with Gasteiger partial charge in [-0.15, -0.1) is 11.3 Å². The Morgan fingerprint density at radius 1 is 0.482 bits per heavy atom. The van der Waals surface area contributed by atoms with Gasteiger partial charge in [0.05, 0.1) is 11.2 Å². The summed E-state index contributed by atoms with van der Waals surface area (Å²) >= 11 is 1.85. The summed E-state index contributed by atoms with van der Waals surface area (Å²) in [5, 5.41) is 8.52. The van der Waals surface area contributed by atoms with Gasteiger partial charge in [-0.25, -0.2) is 4.98 Å². The van der Waals surface area contributed by atoms with Gasteiger partial charge in [0, 0.05) is 68.8 Å². The van der Waals surface area contributed by atoms with Crippen LogP contribution in [0.2, 0.25) is 0 Å². The van der Waals surface area contributed by atoms with Gasteiger partial charge in [0.25, 0.3) is 0 Å². The summed E-state index contributed by atoms with van der Waals surface area (Å²) in [7, 11) is -3.12. The van der Waals surface area contributed by atoms with Gasteiger partial charge < -0.3 is 4.57 Å². The highest BCUT2D eigenvalue weighted by Crippen LogP contribution is 2.52. The molecule has 0 amide bonds. The maximum Gasteiger partial charge on any atom is 0.171 e. The summed E-state index contributed by atoms with van der Waals surface area (Å²) < 4.78 is 17.8. The Balaban J connectivity index is 1.18. The average Bonchev–Trinajstić information content (AvgIpc) is 3.76. The van der Waals surface area contributed by atoms with Crippen molar-refractivity contribution in [2.24, 2.45) is 0 Å². The molecule has 11 rings (SSSR count). The van der Waals surface area contributed by atoms with Crippen LogP contribution < -0.4 is 15.9 Å². The normalized spacial score (nSPS) is 13.4. The fourth-order valence-electron chi connectivity index (χ4n) is 9.19. The number of nitrogens with zero attached hydrogens (tertiary/aromatic N) is 1. The summed E-state index contributed by atoms with van der Waals surface area (Å²) in [5.41, 5.74) is 10.5. The molecule has 0 radical (unpaired) electrons. The van der Waals surface area contributed by atoms with E-state index in [9.17, 15) is 0 Å². The van der Waals surface area contributed by atoms with E-state index in [1.165, 1.54) is 47.8 Å². The Labute approximate surface area is 330 Å². The molecule has 4 heteroatoms. The molecule has 8 aromatic carbocycles. The zero-order valence-electron chi connectivity index (χ0n) is 31.0. The van der Waals surface area contributed by atoms with E-state index in [1.807, 2.05) is 72.0 Å². The number of pyridine rings is 1. The van der Waals surface area contributed by atoms with E-state index in [4.69, 9.17) is 4.98 Å². The summed E-state index contributed by atoms with van der Waals surface area (Å²) in [4.78, 5) is 5.48. The fourth-order valence-corrected chi connectivity index (χ4v) is 13.1. The lowest BCUT2D eigenvalue weighted by Gasteiger charge is -2.22. The number of hydrogen-bond donors (Lipinski definition) is 0. The number of rotatable bonds is 5. The van der Waals surface area contributed by atoms with Crippen molar-refractivity contribution < 1.29 is 4.57 Å². The summed E-state index contributed by atoms with van der Waals surface area (Å²) in [6.45, 7) is 4.68. The van der Waals surface area contributed by atoms with Gasteiger partial charge in [-0.2, -0.15) is 0 Å². The molecule has 266 valence electrons. The Morgan fingerprint density at radius 3 is 1.82 bits per heavy atom. The Hall–Kier alpha value is -6.12. The van der Waals surface area contributed by atoms with Crippen LogP contribution >= 0.6 is 18.5 Å². The first kappa shape index (κ1) is 33.2. The van der Waals surface area contributed by atoms with Gasteiger partial charge in [0.2, 0.25) is 0 Å². The van der Waals surface area contributed by atoms with Crippen molar-refractivity contribution in [1.82, 2.24) is 4.98 Å². The van der Waals surface area contributed by atoms with E-state index >= 15 is 4.57 Å². The number of thiophene rings is 1. The molecule has 56 heavy (non-hydrogen) atoms. The molecule has 10 aromatic rings. The highest BCUT2D eigenvalue weighted by Gasteiger charge is 2.36. The lowest BCUT2D eigenvalue weighted by molar-refractivity contribution is 0.592. The van der Waals surface area contributed by atoms with Crippen LogP contribution in [0.15, 0.2) is 182 Å². The molecule has 2 nitrogen and oxygen atoms in total. The lowest BCUT2D eigenvalue weighted by atomic mass is 9.81. The molecule has 0 bridgehead atoms. The Kier molecular flexibility index (Phi) is 7.39. The van der Waals surface area contributed by atoms with E-state index in [0.717, 1.165) is 54.6 Å². The number of hydrogen-bond acceptors (Lipinski definition) is 3. The zero-order chi connectivity index (χ0) is 37.6. The predicted molar refractivity (Wildman–Crippen MR) is 240 cm³/mol. The van der Waals surface area contributed by atoms with Crippen LogP contribution in [-0.2, 0) is 9.98 Å². The van der Waals surface area contributed by atoms with Crippen molar-refractivity contribution in [3.8, 4) is 33.5 Å². The maximum absolute atomic E-state index is 15.3. The largest absolute Gasteiger partial charge is 0.309 e. The third-order valence-electron chi connectivity index (χ3n) is 11.9. The van der Waals surface area contributed by atoms with Crippen LogP contribution in [0.4, 0.5) is 0 Å². The molecule has 0 aliphatic heterocycles. The Morgan fingerprint density at radius 2 is 1.07 bits per heavy atom. The minimum atomic E-state index is -3.12. The highest BCUT2D eigenvalue weighted by molar-refractivity contribution is 7.85. The van der Waals surface area contributed by atoms with Gasteiger partial charge in [0.1, 0.15) is 0 Å². The molecule has 0 atom stereocenters. The monoisotopic (exact) mass is 753 g/mol. The van der Waals surface area contributed by atoms with Crippen molar-refractivity contribution in [3.63, 3.8) is 0 Å². The van der Waals surface area contributed by atoms with Crippen LogP contribution in [0.25, 0.3) is 75.4 Å². The second-order valence-corrected chi connectivity index (χ2v) is 19.2. The van der Waals surface area contributed by atoms with Crippen LogP contribution in [0.5, 0.6) is 0 Å². The van der Waals surface area contributed by atoms with Crippen molar-refractivity contribution in [3.05, 3.63) is 193 Å². The van der Waals surface area contributed by atoms with Gasteiger partial charge in [0.15, 0.2) is 7.14 Å².